The van der Waals surface area contributed by atoms with Crippen LogP contribution in [0, 0.1) is 0 Å². The second-order valence-electron chi connectivity index (χ2n) is 4.28. The van der Waals surface area contributed by atoms with Gasteiger partial charge in [0.15, 0.2) is 12.4 Å². The van der Waals surface area contributed by atoms with Crippen molar-refractivity contribution < 1.29 is 44.6 Å². The summed E-state index contributed by atoms with van der Waals surface area (Å²) in [5, 5.41) is 45.8. The van der Waals surface area contributed by atoms with Crippen LogP contribution in [0.3, 0.4) is 0 Å². The van der Waals surface area contributed by atoms with Gasteiger partial charge in [-0.15, -0.1) is 0 Å². The number of ether oxygens (including phenoxy) is 2. The van der Waals surface area contributed by atoms with Gasteiger partial charge in [0.05, 0.1) is 12.5 Å². The third-order valence-electron chi connectivity index (χ3n) is 2.64. The molecule has 6 atom stereocenters. The Labute approximate surface area is 108 Å². The molecule has 5 N–H and O–H groups in total. The second-order valence-corrected chi connectivity index (χ2v) is 4.28. The van der Waals surface area contributed by atoms with Gasteiger partial charge in [0.2, 0.25) is 0 Å². The first-order chi connectivity index (χ1) is 8.73. The van der Waals surface area contributed by atoms with Crippen LogP contribution in [0.2, 0.25) is 0 Å². The molecule has 0 aromatic rings. The van der Waals surface area contributed by atoms with Crippen LogP contribution >= 0.6 is 0 Å². The summed E-state index contributed by atoms with van der Waals surface area (Å²) in [6.45, 7) is 1.39. The van der Waals surface area contributed by atoms with Crippen LogP contribution in [0.5, 0.6) is 0 Å². The van der Waals surface area contributed by atoms with Crippen molar-refractivity contribution in [2.24, 2.45) is 0 Å². The van der Waals surface area contributed by atoms with E-state index in [1.165, 1.54) is 6.92 Å². The van der Waals surface area contributed by atoms with Crippen molar-refractivity contribution in [3.05, 3.63) is 0 Å². The van der Waals surface area contributed by atoms with Gasteiger partial charge in [-0.25, -0.2) is 4.79 Å². The highest BCUT2D eigenvalue weighted by atomic mass is 16.7. The lowest BCUT2D eigenvalue weighted by Gasteiger charge is -2.39. The Kier molecular flexibility index (Phi) is 5.20. The highest BCUT2D eigenvalue weighted by Crippen LogP contribution is 2.23. The molecule has 19 heavy (non-hydrogen) atoms. The molecular formula is C10H16O9. The van der Waals surface area contributed by atoms with E-state index < -0.39 is 48.7 Å². The molecule has 0 amide bonds. The molecule has 0 radical (unpaired) electrons. The molecule has 1 aliphatic rings. The van der Waals surface area contributed by atoms with Crippen molar-refractivity contribution in [1.82, 2.24) is 0 Å². The largest absolute Gasteiger partial charge is 0.481 e. The fourth-order valence-electron chi connectivity index (χ4n) is 1.69. The molecule has 0 aromatic heterocycles. The van der Waals surface area contributed by atoms with Gasteiger partial charge in [-0.1, -0.05) is 0 Å². The van der Waals surface area contributed by atoms with Gasteiger partial charge in [0, 0.05) is 0 Å². The van der Waals surface area contributed by atoms with Gasteiger partial charge in [-0.2, -0.15) is 0 Å². The molecular weight excluding hydrogens is 264 g/mol. The fourth-order valence-corrected chi connectivity index (χ4v) is 1.69. The Morgan fingerprint density at radius 3 is 2.21 bits per heavy atom. The summed E-state index contributed by atoms with van der Waals surface area (Å²) in [4.78, 5) is 21.3. The van der Waals surface area contributed by atoms with E-state index in [1.807, 2.05) is 0 Å². The molecule has 0 bridgehead atoms. The quantitative estimate of drug-likeness (QED) is 0.376. The first-order valence-corrected chi connectivity index (χ1v) is 5.53. The smallest absolute Gasteiger partial charge is 0.335 e. The molecule has 0 aliphatic carbocycles. The maximum atomic E-state index is 10.8. The number of carbonyl (C=O) groups is 2. The first kappa shape index (κ1) is 15.8. The number of carboxylic acids is 2. The summed E-state index contributed by atoms with van der Waals surface area (Å²) in [6, 6.07) is 0. The predicted molar refractivity (Wildman–Crippen MR) is 57.1 cm³/mol. The Bertz CT molecular complexity index is 344. The lowest BCUT2D eigenvalue weighted by atomic mass is 9.99. The predicted octanol–water partition coefficient (Wildman–Crippen LogP) is -2.24. The Morgan fingerprint density at radius 2 is 1.74 bits per heavy atom. The summed E-state index contributed by atoms with van der Waals surface area (Å²) in [7, 11) is 0. The van der Waals surface area contributed by atoms with Crippen LogP contribution in [0.15, 0.2) is 0 Å². The van der Waals surface area contributed by atoms with Gasteiger partial charge in [-0.05, 0) is 6.92 Å². The molecule has 1 saturated heterocycles. The van der Waals surface area contributed by atoms with Crippen molar-refractivity contribution in [1.29, 1.82) is 0 Å². The van der Waals surface area contributed by atoms with E-state index in [2.05, 4.69) is 0 Å². The normalized spacial score (nSPS) is 36.7. The van der Waals surface area contributed by atoms with Gasteiger partial charge in [0.25, 0.3) is 0 Å². The van der Waals surface area contributed by atoms with Gasteiger partial charge in [0.1, 0.15) is 18.3 Å². The average molecular weight is 280 g/mol. The minimum atomic E-state index is -1.80. The van der Waals surface area contributed by atoms with Crippen LogP contribution in [-0.4, -0.2) is 74.3 Å². The third-order valence-corrected chi connectivity index (χ3v) is 2.64. The molecule has 1 rings (SSSR count). The third kappa shape index (κ3) is 3.85. The highest BCUT2D eigenvalue weighted by Gasteiger charge is 2.47. The summed E-state index contributed by atoms with van der Waals surface area (Å²) in [5.41, 5.74) is 0. The van der Waals surface area contributed by atoms with Crippen LogP contribution < -0.4 is 0 Å². The second kappa shape index (κ2) is 6.26. The number of hydrogen-bond acceptors (Lipinski definition) is 7. The molecule has 9 heteroatoms. The number of rotatable bonds is 5. The van der Waals surface area contributed by atoms with Crippen molar-refractivity contribution in [3.63, 3.8) is 0 Å². The molecule has 3 unspecified atom stereocenters. The van der Waals surface area contributed by atoms with E-state index in [4.69, 9.17) is 19.7 Å². The first-order valence-electron chi connectivity index (χ1n) is 5.53. The molecule has 1 fully saturated rings. The zero-order chi connectivity index (χ0) is 14.7. The van der Waals surface area contributed by atoms with Crippen LogP contribution in [0.4, 0.5) is 0 Å². The van der Waals surface area contributed by atoms with E-state index >= 15 is 0 Å². The van der Waals surface area contributed by atoms with Crippen LogP contribution in [0.1, 0.15) is 13.3 Å². The van der Waals surface area contributed by atoms with E-state index in [-0.39, 0.29) is 6.42 Å². The number of hydrogen-bond donors (Lipinski definition) is 5. The minimum Gasteiger partial charge on any atom is -0.481 e. The van der Waals surface area contributed by atoms with Gasteiger partial charge < -0.3 is 35.0 Å². The monoisotopic (exact) mass is 280 g/mol. The molecule has 0 spiro atoms. The molecule has 1 aliphatic heterocycles. The summed E-state index contributed by atoms with van der Waals surface area (Å²) < 4.78 is 9.85. The SMILES string of the molecule is CC(CC(=O)O)O[C@@H]1OC(C(=O)O)[C@H](O)[C@H](O)C1O. The Morgan fingerprint density at radius 1 is 1.16 bits per heavy atom. The maximum Gasteiger partial charge on any atom is 0.335 e. The molecule has 0 aromatic carbocycles. The van der Waals surface area contributed by atoms with Crippen LogP contribution in [0.25, 0.3) is 0 Å². The van der Waals surface area contributed by atoms with E-state index in [0.717, 1.165) is 0 Å². The van der Waals surface area contributed by atoms with Crippen molar-refractivity contribution in [2.45, 2.75) is 50.2 Å². The lowest BCUT2D eigenvalue weighted by molar-refractivity contribution is -0.303. The summed E-state index contributed by atoms with van der Waals surface area (Å²) in [6.07, 6.45) is -9.80. The lowest BCUT2D eigenvalue weighted by Crippen LogP contribution is -2.60. The number of carboxylic acid groups (broad SMARTS) is 2. The van der Waals surface area contributed by atoms with Crippen molar-refractivity contribution in [3.8, 4) is 0 Å². The summed E-state index contributed by atoms with van der Waals surface area (Å²) >= 11 is 0. The number of aliphatic hydroxyl groups excluding tert-OH is 3. The zero-order valence-electron chi connectivity index (χ0n) is 10.0. The molecule has 0 saturated carbocycles. The summed E-state index contributed by atoms with van der Waals surface area (Å²) in [5.74, 6) is -2.67. The molecule has 1 heterocycles. The topological polar surface area (TPSA) is 154 Å². The van der Waals surface area contributed by atoms with Crippen LogP contribution in [-0.2, 0) is 19.1 Å². The standard InChI is InChI=1S/C10H16O9/c1-3(2-4(11)12)18-10-7(15)5(13)6(14)8(19-10)9(16)17/h3,5-8,10,13-15H,2H2,1H3,(H,11,12)(H,16,17)/t3?,5-,6+,7?,8?,10+/m0/s1. The zero-order valence-corrected chi connectivity index (χ0v) is 10.0. The number of aliphatic hydroxyl groups is 3. The fraction of sp³-hybridized carbons (Fsp3) is 0.800. The minimum absolute atomic E-state index is 0.386. The van der Waals surface area contributed by atoms with E-state index in [0.29, 0.717) is 0 Å². The Balaban J connectivity index is 2.71. The van der Waals surface area contributed by atoms with E-state index in [9.17, 15) is 24.9 Å². The maximum absolute atomic E-state index is 10.8. The van der Waals surface area contributed by atoms with Gasteiger partial charge >= 0.3 is 11.9 Å². The van der Waals surface area contributed by atoms with Crippen molar-refractivity contribution >= 4 is 11.9 Å². The molecule has 110 valence electrons. The van der Waals surface area contributed by atoms with E-state index in [1.54, 1.807) is 0 Å². The Hall–Kier alpha value is -1.26. The van der Waals surface area contributed by atoms with Crippen molar-refractivity contribution in [2.75, 3.05) is 0 Å². The molecule has 9 nitrogen and oxygen atoms in total. The van der Waals surface area contributed by atoms with Gasteiger partial charge in [-0.3, -0.25) is 4.79 Å². The average Bonchev–Trinajstić information content (AvgIpc) is 2.28. The number of aliphatic carboxylic acids is 2. The highest BCUT2D eigenvalue weighted by molar-refractivity contribution is 5.73.